The van der Waals surface area contributed by atoms with Crippen LogP contribution in [0, 0.1) is 0 Å². The van der Waals surface area contributed by atoms with E-state index in [0.717, 1.165) is 0 Å². The van der Waals surface area contributed by atoms with Gasteiger partial charge in [-0.2, -0.15) is 0 Å². The van der Waals surface area contributed by atoms with Gasteiger partial charge in [0.1, 0.15) is 0 Å². The minimum atomic E-state index is 0. The molecule has 4 heavy (non-hydrogen) atoms. The van der Waals surface area contributed by atoms with Crippen LogP contribution in [0.1, 0.15) is 0 Å². The van der Waals surface area contributed by atoms with Crippen molar-refractivity contribution in [2.24, 2.45) is 0 Å². The molecule has 0 saturated carbocycles. The van der Waals surface area contributed by atoms with Gasteiger partial charge in [-0.3, -0.25) is 0 Å². The predicted molar refractivity (Wildman–Crippen MR) is 13.8 cm³/mol. The monoisotopic (exact) mass is 118 g/mol. The molecule has 0 aliphatic heterocycles. The van der Waals surface area contributed by atoms with Crippen LogP contribution in [0.3, 0.4) is 0 Å². The van der Waals surface area contributed by atoms with Crippen molar-refractivity contribution in [3.05, 3.63) is 0 Å². The standard InChI is InChI=1S/ClH.H3N.H2O.Ti/h1H;1H3;1H2;/q;;;+1/p-1. The number of hydrogen-bond acceptors (Lipinski definition) is 1. The smallest absolute Gasteiger partial charge is 0.369 e. The first kappa shape index (κ1) is 20.5. The Morgan fingerprint density at radius 1 is 1.25 bits per heavy atom. The average molecular weight is 118 g/mol. The van der Waals surface area contributed by atoms with E-state index in [4.69, 9.17) is 0 Å². The SMILES string of the molecule is [Cl][Ti].[NH4+].[OH-]. The molecule has 0 unspecified atom stereocenters. The van der Waals surface area contributed by atoms with Crippen molar-refractivity contribution in [3.8, 4) is 0 Å². The molecule has 0 rings (SSSR count). The predicted octanol–water partition coefficient (Wildman–Crippen LogP) is 0.886. The summed E-state index contributed by atoms with van der Waals surface area (Å²) in [7, 11) is 4.64. The fourth-order valence-electron chi connectivity index (χ4n) is 0. The summed E-state index contributed by atoms with van der Waals surface area (Å²) in [5.74, 6) is 0. The van der Waals surface area contributed by atoms with Crippen LogP contribution in [-0.4, -0.2) is 5.48 Å². The minimum absolute atomic E-state index is 0. The van der Waals surface area contributed by atoms with Crippen molar-refractivity contribution < 1.29 is 24.9 Å². The molecule has 0 spiro atoms. The Hall–Kier alpha value is 0.924. The molecular weight excluding hydrogens is 113 g/mol. The van der Waals surface area contributed by atoms with Crippen LogP contribution in [-0.2, 0) is 19.4 Å². The van der Waals surface area contributed by atoms with Crippen molar-refractivity contribution in [1.29, 1.82) is 0 Å². The first-order valence-corrected chi connectivity index (χ1v) is 2.34. The molecule has 0 aromatic rings. The summed E-state index contributed by atoms with van der Waals surface area (Å²) in [6.07, 6.45) is 0. The molecule has 0 saturated heterocycles. The van der Waals surface area contributed by atoms with Crippen molar-refractivity contribution in [3.63, 3.8) is 0 Å². The summed E-state index contributed by atoms with van der Waals surface area (Å²) in [5, 5.41) is 0. The summed E-state index contributed by atoms with van der Waals surface area (Å²) < 4.78 is 0. The van der Waals surface area contributed by atoms with E-state index < -0.39 is 0 Å². The number of halogens is 1. The molecule has 0 aromatic carbocycles. The van der Waals surface area contributed by atoms with E-state index in [9.17, 15) is 0 Å². The second-order valence-electron chi connectivity index (χ2n) is 0. The van der Waals surface area contributed by atoms with Crippen molar-refractivity contribution in [1.82, 2.24) is 6.15 Å². The number of quaternary nitrogens is 1. The Labute approximate surface area is 40.7 Å². The Morgan fingerprint density at radius 2 is 1.25 bits per heavy atom. The van der Waals surface area contributed by atoms with Gasteiger partial charge in [0.25, 0.3) is 0 Å². The van der Waals surface area contributed by atoms with Gasteiger partial charge in [-0.1, -0.05) is 0 Å². The van der Waals surface area contributed by atoms with Gasteiger partial charge in [0, 0.05) is 0 Å². The molecule has 27 valence electrons. The molecule has 0 radical (unpaired) electrons. The molecule has 5 N–H and O–H groups in total. The zero-order valence-electron chi connectivity index (χ0n) is 2.33. The Morgan fingerprint density at radius 3 is 1.25 bits per heavy atom. The Balaban J connectivity index is -0.00000000500. The Kier molecular flexibility index (Phi) is 201. The first-order chi connectivity index (χ1) is 1.00. The van der Waals surface area contributed by atoms with Crippen molar-refractivity contribution in [2.45, 2.75) is 0 Å². The van der Waals surface area contributed by atoms with Gasteiger partial charge in [-0.05, 0) is 0 Å². The van der Waals surface area contributed by atoms with Gasteiger partial charge in [-0.15, -0.1) is 0 Å². The van der Waals surface area contributed by atoms with E-state index in [1.165, 1.54) is 19.4 Å². The van der Waals surface area contributed by atoms with Crippen molar-refractivity contribution in [2.75, 3.05) is 0 Å². The van der Waals surface area contributed by atoms with Gasteiger partial charge in [0.05, 0.1) is 0 Å². The average Bonchev–Trinajstić information content (AvgIpc) is 1.00. The van der Waals surface area contributed by atoms with Crippen LogP contribution >= 0.6 is 9.30 Å². The fraction of sp³-hybridized carbons (Fsp3) is 0. The molecule has 0 aliphatic carbocycles. The van der Waals surface area contributed by atoms with Gasteiger partial charge < -0.3 is 11.6 Å². The van der Waals surface area contributed by atoms with Crippen LogP contribution in [0.4, 0.5) is 0 Å². The molecule has 0 fully saturated rings. The maximum absolute atomic E-state index is 4.64. The third-order valence-corrected chi connectivity index (χ3v) is 0. The number of hydrogen-bond donors (Lipinski definition) is 1. The largest absolute Gasteiger partial charge is 0.870 e. The minimum Gasteiger partial charge on any atom is -0.870 e. The van der Waals surface area contributed by atoms with Crippen LogP contribution in [0.15, 0.2) is 0 Å². The maximum atomic E-state index is 4.64. The van der Waals surface area contributed by atoms with E-state index in [1.807, 2.05) is 0 Å². The first-order valence-electron chi connectivity index (χ1n) is 0.189. The zero-order chi connectivity index (χ0) is 2.00. The number of rotatable bonds is 0. The molecular formula is H5ClNOTi. The van der Waals surface area contributed by atoms with Crippen LogP contribution in [0.2, 0.25) is 0 Å². The van der Waals surface area contributed by atoms with Gasteiger partial charge in [0.15, 0.2) is 0 Å². The summed E-state index contributed by atoms with van der Waals surface area (Å²) in [4.78, 5) is 0. The fourth-order valence-corrected chi connectivity index (χ4v) is 0. The molecule has 0 bridgehead atoms. The summed E-state index contributed by atoms with van der Waals surface area (Å²) >= 11 is 1.47. The molecule has 0 aliphatic rings. The second-order valence-corrected chi connectivity index (χ2v) is 0. The molecule has 0 aromatic heterocycles. The quantitative estimate of drug-likeness (QED) is 0.472. The summed E-state index contributed by atoms with van der Waals surface area (Å²) in [5.41, 5.74) is 0. The van der Waals surface area contributed by atoms with Gasteiger partial charge >= 0.3 is 28.7 Å². The van der Waals surface area contributed by atoms with Crippen LogP contribution in [0.5, 0.6) is 0 Å². The van der Waals surface area contributed by atoms with Crippen molar-refractivity contribution >= 4 is 9.30 Å². The molecule has 2 nitrogen and oxygen atoms in total. The van der Waals surface area contributed by atoms with Crippen LogP contribution < -0.4 is 6.15 Å². The normalized spacial score (nSPS) is 1.00. The maximum Gasteiger partial charge on any atom is -0.369 e. The van der Waals surface area contributed by atoms with Gasteiger partial charge in [0.2, 0.25) is 0 Å². The summed E-state index contributed by atoms with van der Waals surface area (Å²) in [6, 6.07) is 0. The van der Waals surface area contributed by atoms with Crippen LogP contribution in [0.25, 0.3) is 0 Å². The molecule has 0 amide bonds. The summed E-state index contributed by atoms with van der Waals surface area (Å²) in [6.45, 7) is 0. The van der Waals surface area contributed by atoms with E-state index in [-0.39, 0.29) is 11.6 Å². The molecule has 0 heterocycles. The third-order valence-electron chi connectivity index (χ3n) is 0. The topological polar surface area (TPSA) is 66.5 Å². The molecule has 0 atom stereocenters. The van der Waals surface area contributed by atoms with E-state index >= 15 is 0 Å². The molecule has 4 heteroatoms. The second kappa shape index (κ2) is 39.3. The zero-order valence-corrected chi connectivity index (χ0v) is 4.64. The third kappa shape index (κ3) is 12.7. The van der Waals surface area contributed by atoms with E-state index in [2.05, 4.69) is 9.30 Å². The van der Waals surface area contributed by atoms with E-state index in [0.29, 0.717) is 0 Å². The Bertz CT molecular complexity index is 8.00. The van der Waals surface area contributed by atoms with E-state index in [1.54, 1.807) is 0 Å². The van der Waals surface area contributed by atoms with Gasteiger partial charge in [-0.25, -0.2) is 0 Å².